The van der Waals surface area contributed by atoms with E-state index in [9.17, 15) is 9.59 Å². The molecular formula is C24H20N2O3S2. The molecular weight excluding hydrogens is 428 g/mol. The molecule has 0 saturated heterocycles. The van der Waals surface area contributed by atoms with Gasteiger partial charge >= 0.3 is 0 Å². The van der Waals surface area contributed by atoms with E-state index >= 15 is 0 Å². The molecule has 1 N–H and O–H groups in total. The van der Waals surface area contributed by atoms with Crippen LogP contribution in [0.25, 0.3) is 10.6 Å². The summed E-state index contributed by atoms with van der Waals surface area (Å²) in [6.45, 7) is 6.18. The number of benzene rings is 2. The van der Waals surface area contributed by atoms with Crippen molar-refractivity contribution in [2.45, 2.75) is 24.8 Å². The SMILES string of the molecule is C=CCn1c(=C2Cc3cc(C)ccc3C2=O)sc(=C2Nc3ccc(OC)cc3S2)c1=O. The molecule has 5 nitrogen and oxygen atoms in total. The summed E-state index contributed by atoms with van der Waals surface area (Å²) < 4.78 is 8.29. The van der Waals surface area contributed by atoms with Gasteiger partial charge in [0.05, 0.1) is 12.8 Å². The minimum atomic E-state index is -0.109. The van der Waals surface area contributed by atoms with Crippen LogP contribution in [0, 0.1) is 6.92 Å². The number of Topliss-reactive ketones (excluding diaryl/α,β-unsaturated/α-hetero) is 1. The van der Waals surface area contributed by atoms with Crippen LogP contribution in [0.5, 0.6) is 5.75 Å². The number of carbonyl (C=O) groups is 1. The van der Waals surface area contributed by atoms with E-state index in [1.165, 1.54) is 23.1 Å². The lowest BCUT2D eigenvalue weighted by Crippen LogP contribution is -2.33. The van der Waals surface area contributed by atoms with E-state index in [0.717, 1.165) is 38.1 Å². The number of rotatable bonds is 3. The third-order valence-corrected chi connectivity index (χ3v) is 7.90. The fourth-order valence-electron chi connectivity index (χ4n) is 3.95. The minimum Gasteiger partial charge on any atom is -0.497 e. The minimum absolute atomic E-state index is 0.00525. The lowest BCUT2D eigenvalue weighted by atomic mass is 10.1. The molecule has 1 aliphatic heterocycles. The van der Waals surface area contributed by atoms with Crippen LogP contribution in [0.2, 0.25) is 0 Å². The predicted octanol–water partition coefficient (Wildman–Crippen LogP) is 3.29. The van der Waals surface area contributed by atoms with E-state index in [0.29, 0.717) is 27.7 Å². The third-order valence-electron chi connectivity index (χ3n) is 5.46. The van der Waals surface area contributed by atoms with E-state index in [4.69, 9.17) is 4.74 Å². The normalized spacial score (nSPS) is 17.9. The summed E-state index contributed by atoms with van der Waals surface area (Å²) in [5.74, 6) is 0.774. The Morgan fingerprint density at radius 1 is 1.23 bits per heavy atom. The Morgan fingerprint density at radius 3 is 2.84 bits per heavy atom. The Kier molecular flexibility index (Phi) is 4.87. The number of allylic oxidation sites excluding steroid dienone is 1. The monoisotopic (exact) mass is 448 g/mol. The van der Waals surface area contributed by atoms with Gasteiger partial charge in [-0.25, -0.2) is 0 Å². The number of anilines is 1. The van der Waals surface area contributed by atoms with Crippen molar-refractivity contribution >= 4 is 45.2 Å². The van der Waals surface area contributed by atoms with Gasteiger partial charge in [-0.1, -0.05) is 41.6 Å². The van der Waals surface area contributed by atoms with Crippen molar-refractivity contribution in [2.24, 2.45) is 0 Å². The van der Waals surface area contributed by atoms with Crippen LogP contribution in [0.4, 0.5) is 5.69 Å². The molecule has 0 amide bonds. The van der Waals surface area contributed by atoms with Gasteiger partial charge in [-0.2, -0.15) is 0 Å². The van der Waals surface area contributed by atoms with E-state index in [1.54, 1.807) is 17.8 Å². The zero-order valence-electron chi connectivity index (χ0n) is 17.2. The van der Waals surface area contributed by atoms with Crippen LogP contribution in [0.15, 0.2) is 58.7 Å². The van der Waals surface area contributed by atoms with E-state index in [2.05, 4.69) is 18.0 Å². The maximum atomic E-state index is 13.3. The summed E-state index contributed by atoms with van der Waals surface area (Å²) >= 11 is 2.88. The summed E-state index contributed by atoms with van der Waals surface area (Å²) in [4.78, 5) is 27.5. The molecule has 2 aromatic carbocycles. The highest BCUT2D eigenvalue weighted by Gasteiger charge is 2.28. The largest absolute Gasteiger partial charge is 0.497 e. The molecule has 0 fully saturated rings. The van der Waals surface area contributed by atoms with Crippen molar-refractivity contribution in [1.29, 1.82) is 0 Å². The molecule has 0 unspecified atom stereocenters. The zero-order valence-corrected chi connectivity index (χ0v) is 18.8. The van der Waals surface area contributed by atoms with E-state index < -0.39 is 0 Å². The fourth-order valence-corrected chi connectivity index (χ4v) is 6.25. The average molecular weight is 449 g/mol. The van der Waals surface area contributed by atoms with Crippen molar-refractivity contribution in [1.82, 2.24) is 4.57 Å². The van der Waals surface area contributed by atoms with Gasteiger partial charge in [-0.15, -0.1) is 17.9 Å². The Morgan fingerprint density at radius 2 is 2.06 bits per heavy atom. The fraction of sp³-hybridized carbons (Fsp3) is 0.167. The van der Waals surface area contributed by atoms with Crippen LogP contribution in [0.3, 0.4) is 0 Å². The predicted molar refractivity (Wildman–Crippen MR) is 127 cm³/mol. The first-order chi connectivity index (χ1) is 15.0. The van der Waals surface area contributed by atoms with Crippen molar-refractivity contribution in [3.63, 3.8) is 0 Å². The molecule has 31 heavy (non-hydrogen) atoms. The Labute approximate surface area is 187 Å². The highest BCUT2D eigenvalue weighted by molar-refractivity contribution is 8.08. The van der Waals surface area contributed by atoms with Crippen LogP contribution in [-0.4, -0.2) is 17.5 Å². The first-order valence-corrected chi connectivity index (χ1v) is 11.5. The lowest BCUT2D eigenvalue weighted by molar-refractivity contribution is 0.105. The molecule has 0 bridgehead atoms. The van der Waals surface area contributed by atoms with Gasteiger partial charge in [0.2, 0.25) is 0 Å². The summed E-state index contributed by atoms with van der Waals surface area (Å²) in [5.41, 5.74) is 4.39. The van der Waals surface area contributed by atoms with Gasteiger partial charge in [0.25, 0.3) is 5.56 Å². The molecule has 2 heterocycles. The average Bonchev–Trinajstić information content (AvgIpc) is 3.42. The molecule has 0 radical (unpaired) electrons. The van der Waals surface area contributed by atoms with Gasteiger partial charge in [-0.05, 0) is 30.7 Å². The highest BCUT2D eigenvalue weighted by atomic mass is 32.2. The number of aromatic nitrogens is 1. The number of aryl methyl sites for hydroxylation is 1. The van der Waals surface area contributed by atoms with E-state index in [-0.39, 0.29) is 11.3 Å². The summed E-state index contributed by atoms with van der Waals surface area (Å²) in [6.07, 6.45) is 2.23. The van der Waals surface area contributed by atoms with Crippen LogP contribution in [0.1, 0.15) is 21.5 Å². The topological polar surface area (TPSA) is 60.3 Å². The quantitative estimate of drug-likeness (QED) is 0.623. The molecule has 0 atom stereocenters. The molecule has 0 spiro atoms. The number of nitrogens with zero attached hydrogens (tertiary/aromatic N) is 1. The molecule has 1 aromatic heterocycles. The Balaban J connectivity index is 1.70. The molecule has 7 heteroatoms. The number of hydrogen-bond donors (Lipinski definition) is 1. The summed E-state index contributed by atoms with van der Waals surface area (Å²) in [6, 6.07) is 11.7. The summed E-state index contributed by atoms with van der Waals surface area (Å²) in [5, 5.41) is 4.13. The number of hydrogen-bond acceptors (Lipinski definition) is 6. The van der Waals surface area contributed by atoms with Gasteiger partial charge in [0.1, 0.15) is 20.0 Å². The number of ketones is 1. The smallest absolute Gasteiger partial charge is 0.272 e. The van der Waals surface area contributed by atoms with Gasteiger partial charge in [0, 0.05) is 29.0 Å². The zero-order chi connectivity index (χ0) is 21.7. The number of fused-ring (bicyclic) bond motifs is 2. The molecule has 1 aliphatic carbocycles. The van der Waals surface area contributed by atoms with Gasteiger partial charge < -0.3 is 10.1 Å². The van der Waals surface area contributed by atoms with Gasteiger partial charge in [0.15, 0.2) is 5.78 Å². The molecule has 0 saturated carbocycles. The van der Waals surface area contributed by atoms with Crippen molar-refractivity contribution < 1.29 is 9.53 Å². The molecule has 156 valence electrons. The van der Waals surface area contributed by atoms with Crippen molar-refractivity contribution in [2.75, 3.05) is 12.4 Å². The van der Waals surface area contributed by atoms with Crippen molar-refractivity contribution in [3.8, 4) is 5.75 Å². The third kappa shape index (κ3) is 3.25. The number of methoxy groups -OCH3 is 1. The Bertz CT molecular complexity index is 1450. The highest BCUT2D eigenvalue weighted by Crippen LogP contribution is 2.42. The second-order valence-corrected chi connectivity index (χ2v) is 9.56. The Hall–Kier alpha value is -3.03. The van der Waals surface area contributed by atoms with Gasteiger partial charge in [-0.3, -0.25) is 14.2 Å². The number of ether oxygens (including phenoxy) is 1. The summed E-state index contributed by atoms with van der Waals surface area (Å²) in [7, 11) is 1.63. The number of thiazole rings is 1. The van der Waals surface area contributed by atoms with Crippen LogP contribution >= 0.6 is 23.1 Å². The maximum absolute atomic E-state index is 13.3. The maximum Gasteiger partial charge on any atom is 0.272 e. The number of nitrogens with one attached hydrogen (secondary N) is 1. The van der Waals surface area contributed by atoms with E-state index in [1.807, 2.05) is 37.3 Å². The molecule has 2 aliphatic rings. The second-order valence-electron chi connectivity index (χ2n) is 7.50. The number of carbonyl (C=O) groups excluding carboxylic acids is 1. The first-order valence-electron chi connectivity index (χ1n) is 9.85. The lowest BCUT2D eigenvalue weighted by Gasteiger charge is -2.01. The van der Waals surface area contributed by atoms with Crippen molar-refractivity contribution in [3.05, 3.63) is 85.3 Å². The standard InChI is InChI=1S/C24H20N2O3S2/c1-4-9-26-23(28)21(22-25-18-8-6-15(29-3)12-19(18)30-22)31-24(26)17-11-14-10-13(2)5-7-16(14)20(17)27/h4-8,10,12,25H,1,9,11H2,2-3H3. The molecule has 5 rings (SSSR count). The van der Waals surface area contributed by atoms with Crippen LogP contribution < -0.4 is 24.8 Å². The molecule has 3 aromatic rings. The van der Waals surface area contributed by atoms with Crippen LogP contribution in [-0.2, 0) is 13.0 Å². The first kappa shape index (κ1) is 19.9. The second kappa shape index (κ2) is 7.59. The number of thioether (sulfide) groups is 1.